The summed E-state index contributed by atoms with van der Waals surface area (Å²) in [6, 6.07) is 10.4. The second-order valence-electron chi connectivity index (χ2n) is 3.99. The maximum absolute atomic E-state index is 6.23. The molecule has 2 N–H and O–H groups in total. The summed E-state index contributed by atoms with van der Waals surface area (Å²) in [6.07, 6.45) is 6.63. The molecule has 0 atom stereocenters. The highest BCUT2D eigenvalue weighted by Crippen LogP contribution is 2.41. The Labute approximate surface area is 99.2 Å². The van der Waals surface area contributed by atoms with E-state index in [1.807, 2.05) is 6.07 Å². The van der Waals surface area contributed by atoms with Crippen molar-refractivity contribution in [3.8, 4) is 10.4 Å². The van der Waals surface area contributed by atoms with Crippen molar-refractivity contribution in [2.75, 3.05) is 5.73 Å². The Morgan fingerprint density at radius 2 is 1.94 bits per heavy atom. The molecular weight excluding hydrogens is 214 g/mol. The largest absolute Gasteiger partial charge is 0.397 e. The van der Waals surface area contributed by atoms with Gasteiger partial charge in [-0.3, -0.25) is 0 Å². The highest BCUT2D eigenvalue weighted by molar-refractivity contribution is 7.17. The lowest BCUT2D eigenvalue weighted by molar-refractivity contribution is 0.999. The number of thiophene rings is 1. The molecule has 0 spiro atoms. The zero-order valence-electron chi connectivity index (χ0n) is 8.94. The average Bonchev–Trinajstić information content (AvgIpc) is 2.69. The van der Waals surface area contributed by atoms with Gasteiger partial charge in [-0.05, 0) is 30.0 Å². The fraction of sp³-hybridized carbons (Fsp3) is 0.143. The molecule has 16 heavy (non-hydrogen) atoms. The van der Waals surface area contributed by atoms with Gasteiger partial charge in [0.1, 0.15) is 0 Å². The van der Waals surface area contributed by atoms with E-state index in [1.54, 1.807) is 11.3 Å². The second-order valence-corrected chi connectivity index (χ2v) is 5.05. The smallest absolute Gasteiger partial charge is 0.0581 e. The summed E-state index contributed by atoms with van der Waals surface area (Å²) in [4.78, 5) is 2.56. The first-order valence-electron chi connectivity index (χ1n) is 5.49. The Kier molecular flexibility index (Phi) is 2.29. The Morgan fingerprint density at radius 1 is 1.12 bits per heavy atom. The molecular formula is C14H13NS. The lowest BCUT2D eigenvalue weighted by Gasteiger charge is -2.05. The minimum absolute atomic E-state index is 0.982. The molecule has 0 saturated carbocycles. The Balaban J connectivity index is 2.16. The van der Waals surface area contributed by atoms with Gasteiger partial charge < -0.3 is 5.73 Å². The Bertz CT molecular complexity index is 537. The summed E-state index contributed by atoms with van der Waals surface area (Å²) >= 11 is 1.80. The van der Waals surface area contributed by atoms with Crippen molar-refractivity contribution in [2.45, 2.75) is 12.8 Å². The van der Waals surface area contributed by atoms with Crippen molar-refractivity contribution >= 4 is 23.1 Å². The van der Waals surface area contributed by atoms with Gasteiger partial charge in [0.25, 0.3) is 0 Å². The van der Waals surface area contributed by atoms with Crippen LogP contribution in [0.5, 0.6) is 0 Å². The van der Waals surface area contributed by atoms with Crippen LogP contribution in [0, 0.1) is 0 Å². The number of fused-ring (bicyclic) bond motifs is 1. The maximum Gasteiger partial charge on any atom is 0.0581 e. The molecule has 2 aromatic rings. The molecule has 1 nitrogen and oxygen atoms in total. The van der Waals surface area contributed by atoms with Crippen LogP contribution in [-0.2, 0) is 6.42 Å². The number of nitrogen functional groups attached to an aromatic ring is 1. The van der Waals surface area contributed by atoms with Crippen molar-refractivity contribution in [2.24, 2.45) is 0 Å². The summed E-state index contributed by atoms with van der Waals surface area (Å²) in [6.45, 7) is 0. The Hall–Kier alpha value is -1.54. The van der Waals surface area contributed by atoms with Crippen molar-refractivity contribution < 1.29 is 0 Å². The minimum atomic E-state index is 0.982. The van der Waals surface area contributed by atoms with Crippen LogP contribution < -0.4 is 5.73 Å². The van der Waals surface area contributed by atoms with Crippen LogP contribution in [0.25, 0.3) is 16.5 Å². The molecule has 0 fully saturated rings. The summed E-state index contributed by atoms with van der Waals surface area (Å²) in [5.74, 6) is 0. The molecule has 80 valence electrons. The van der Waals surface area contributed by atoms with Crippen LogP contribution in [0.2, 0.25) is 0 Å². The first-order valence-corrected chi connectivity index (χ1v) is 6.31. The quantitative estimate of drug-likeness (QED) is 0.784. The van der Waals surface area contributed by atoms with Crippen molar-refractivity contribution in [3.05, 3.63) is 46.8 Å². The predicted octanol–water partition coefficient (Wildman–Crippen LogP) is 3.96. The van der Waals surface area contributed by atoms with E-state index in [4.69, 9.17) is 5.73 Å². The number of hydrogen-bond donors (Lipinski definition) is 1. The van der Waals surface area contributed by atoms with E-state index in [-0.39, 0.29) is 0 Å². The van der Waals surface area contributed by atoms with Crippen LogP contribution in [0.1, 0.15) is 16.9 Å². The monoisotopic (exact) mass is 227 g/mol. The maximum atomic E-state index is 6.23. The van der Waals surface area contributed by atoms with Gasteiger partial charge >= 0.3 is 0 Å². The molecule has 2 heteroatoms. The van der Waals surface area contributed by atoms with E-state index in [0.29, 0.717) is 0 Å². The highest BCUT2D eigenvalue weighted by Gasteiger charge is 2.16. The Morgan fingerprint density at radius 3 is 2.69 bits per heavy atom. The fourth-order valence-electron chi connectivity index (χ4n) is 2.11. The number of allylic oxidation sites excluding steroid dienone is 1. The first-order chi connectivity index (χ1) is 7.86. The van der Waals surface area contributed by atoms with Gasteiger partial charge in [0.05, 0.1) is 10.6 Å². The van der Waals surface area contributed by atoms with Gasteiger partial charge in [-0.2, -0.15) is 0 Å². The normalized spacial score (nSPS) is 13.8. The molecule has 0 bridgehead atoms. The third kappa shape index (κ3) is 1.46. The highest BCUT2D eigenvalue weighted by atomic mass is 32.1. The van der Waals surface area contributed by atoms with Gasteiger partial charge in [-0.25, -0.2) is 0 Å². The van der Waals surface area contributed by atoms with E-state index < -0.39 is 0 Å². The number of benzene rings is 1. The summed E-state index contributed by atoms with van der Waals surface area (Å²) in [5, 5.41) is 0. The number of hydrogen-bond acceptors (Lipinski definition) is 2. The molecule has 0 saturated heterocycles. The fourth-order valence-corrected chi connectivity index (χ4v) is 3.32. The summed E-state index contributed by atoms with van der Waals surface area (Å²) in [5.41, 5.74) is 9.78. The van der Waals surface area contributed by atoms with E-state index in [1.165, 1.54) is 20.9 Å². The molecule has 1 aliphatic rings. The standard InChI is InChI=1S/C14H13NS/c15-13-11-8-4-5-9-12(11)16-14(13)10-6-2-1-3-7-10/h1-3,5-7,9H,4,8,15H2. The molecule has 1 aromatic carbocycles. The minimum Gasteiger partial charge on any atom is -0.397 e. The molecule has 1 aliphatic carbocycles. The number of rotatable bonds is 1. The van der Waals surface area contributed by atoms with Crippen molar-refractivity contribution in [3.63, 3.8) is 0 Å². The third-order valence-electron chi connectivity index (χ3n) is 2.95. The molecule has 0 unspecified atom stereocenters. The average molecular weight is 227 g/mol. The van der Waals surface area contributed by atoms with Gasteiger partial charge in [0.2, 0.25) is 0 Å². The van der Waals surface area contributed by atoms with E-state index in [9.17, 15) is 0 Å². The van der Waals surface area contributed by atoms with Crippen molar-refractivity contribution in [1.82, 2.24) is 0 Å². The predicted molar refractivity (Wildman–Crippen MR) is 71.5 cm³/mol. The van der Waals surface area contributed by atoms with E-state index in [2.05, 4.69) is 36.4 Å². The first kappa shape index (κ1) is 9.67. The van der Waals surface area contributed by atoms with Gasteiger partial charge in [-0.1, -0.05) is 36.4 Å². The molecule has 0 aliphatic heterocycles. The summed E-state index contributed by atoms with van der Waals surface area (Å²) in [7, 11) is 0. The molecule has 3 rings (SSSR count). The zero-order chi connectivity index (χ0) is 11.0. The third-order valence-corrected chi connectivity index (χ3v) is 4.21. The van der Waals surface area contributed by atoms with Crippen LogP contribution >= 0.6 is 11.3 Å². The van der Waals surface area contributed by atoms with Gasteiger partial charge in [0, 0.05) is 4.88 Å². The number of anilines is 1. The summed E-state index contributed by atoms with van der Waals surface area (Å²) < 4.78 is 0. The molecule has 1 aromatic heterocycles. The van der Waals surface area contributed by atoms with Crippen LogP contribution in [0.15, 0.2) is 36.4 Å². The molecule has 0 radical (unpaired) electrons. The topological polar surface area (TPSA) is 26.0 Å². The zero-order valence-corrected chi connectivity index (χ0v) is 9.76. The van der Waals surface area contributed by atoms with Crippen molar-refractivity contribution in [1.29, 1.82) is 0 Å². The van der Waals surface area contributed by atoms with Gasteiger partial charge in [0.15, 0.2) is 0 Å². The number of nitrogens with two attached hydrogens (primary N) is 1. The SMILES string of the molecule is Nc1c(-c2ccccc2)sc2c1CCC=C2. The van der Waals surface area contributed by atoms with E-state index in [0.717, 1.165) is 18.5 Å². The lowest BCUT2D eigenvalue weighted by Crippen LogP contribution is -1.95. The van der Waals surface area contributed by atoms with Crippen LogP contribution in [0.4, 0.5) is 5.69 Å². The van der Waals surface area contributed by atoms with Crippen LogP contribution in [0.3, 0.4) is 0 Å². The molecule has 1 heterocycles. The second kappa shape index (κ2) is 3.80. The van der Waals surface area contributed by atoms with Crippen LogP contribution in [-0.4, -0.2) is 0 Å². The van der Waals surface area contributed by atoms with Gasteiger partial charge in [-0.15, -0.1) is 11.3 Å². The molecule has 0 amide bonds. The van der Waals surface area contributed by atoms with E-state index >= 15 is 0 Å². The lowest BCUT2D eigenvalue weighted by atomic mass is 10.0.